The molecule has 2 heterocycles. The third-order valence-electron chi connectivity index (χ3n) is 3.18. The quantitative estimate of drug-likeness (QED) is 0.702. The highest BCUT2D eigenvalue weighted by Crippen LogP contribution is 2.17. The lowest BCUT2D eigenvalue weighted by atomic mass is 10.2. The molecular weight excluding hydrogens is 224 g/mol. The van der Waals surface area contributed by atoms with E-state index in [4.69, 9.17) is 0 Å². The molecule has 0 aliphatic rings. The van der Waals surface area contributed by atoms with Crippen LogP contribution in [0.3, 0.4) is 0 Å². The summed E-state index contributed by atoms with van der Waals surface area (Å²) in [5, 5.41) is 5.42. The maximum absolute atomic E-state index is 4.11. The molecule has 3 aromatic rings. The lowest BCUT2D eigenvalue weighted by Gasteiger charge is -2.05. The average Bonchev–Trinajstić information content (AvgIpc) is 2.99. The second-order valence-electron chi connectivity index (χ2n) is 4.58. The van der Waals surface area contributed by atoms with Crippen LogP contribution in [-0.2, 0) is 13.1 Å². The van der Waals surface area contributed by atoms with Crippen molar-refractivity contribution in [3.63, 3.8) is 0 Å². The second kappa shape index (κ2) is 4.64. The van der Waals surface area contributed by atoms with Crippen molar-refractivity contribution < 1.29 is 0 Å². The summed E-state index contributed by atoms with van der Waals surface area (Å²) in [7, 11) is 0. The van der Waals surface area contributed by atoms with Gasteiger partial charge in [-0.05, 0) is 36.9 Å². The van der Waals surface area contributed by atoms with E-state index in [1.165, 1.54) is 16.5 Å². The number of benzene rings is 1. The lowest BCUT2D eigenvalue weighted by Crippen LogP contribution is -2.03. The van der Waals surface area contributed by atoms with E-state index < -0.39 is 0 Å². The van der Waals surface area contributed by atoms with Gasteiger partial charge in [0.1, 0.15) is 12.7 Å². The SMILES string of the molecule is Cc1ccc2c(ccn2CCCn2cncn2)c1. The second-order valence-corrected chi connectivity index (χ2v) is 4.58. The van der Waals surface area contributed by atoms with Crippen molar-refractivity contribution >= 4 is 10.9 Å². The van der Waals surface area contributed by atoms with Crippen molar-refractivity contribution in [3.8, 4) is 0 Å². The van der Waals surface area contributed by atoms with E-state index >= 15 is 0 Å². The number of hydrogen-bond donors (Lipinski definition) is 0. The summed E-state index contributed by atoms with van der Waals surface area (Å²) in [5.41, 5.74) is 2.61. The first-order valence-electron chi connectivity index (χ1n) is 6.21. The first-order chi connectivity index (χ1) is 8.83. The van der Waals surface area contributed by atoms with E-state index in [1.54, 1.807) is 12.7 Å². The number of rotatable bonds is 4. The fraction of sp³-hybridized carbons (Fsp3) is 0.286. The van der Waals surface area contributed by atoms with Crippen molar-refractivity contribution in [2.75, 3.05) is 0 Å². The first kappa shape index (κ1) is 11.0. The molecule has 3 rings (SSSR count). The monoisotopic (exact) mass is 240 g/mol. The highest BCUT2D eigenvalue weighted by Gasteiger charge is 2.01. The summed E-state index contributed by atoms with van der Waals surface area (Å²) in [4.78, 5) is 3.94. The largest absolute Gasteiger partial charge is 0.347 e. The Morgan fingerprint density at radius 2 is 2.11 bits per heavy atom. The number of hydrogen-bond acceptors (Lipinski definition) is 2. The zero-order valence-corrected chi connectivity index (χ0v) is 10.5. The van der Waals surface area contributed by atoms with Crippen LogP contribution < -0.4 is 0 Å². The Hall–Kier alpha value is -2.10. The van der Waals surface area contributed by atoms with Gasteiger partial charge >= 0.3 is 0 Å². The number of aromatic nitrogens is 4. The molecule has 0 spiro atoms. The standard InChI is InChI=1S/C14H16N4/c1-12-3-4-14-13(9-12)5-8-17(14)6-2-7-18-11-15-10-16-18/h3-5,8-11H,2,6-7H2,1H3. The van der Waals surface area contributed by atoms with Crippen LogP contribution in [0.15, 0.2) is 43.1 Å². The van der Waals surface area contributed by atoms with E-state index in [-0.39, 0.29) is 0 Å². The molecule has 0 N–H and O–H groups in total. The van der Waals surface area contributed by atoms with Gasteiger partial charge in [-0.3, -0.25) is 4.68 Å². The summed E-state index contributed by atoms with van der Waals surface area (Å²) >= 11 is 0. The van der Waals surface area contributed by atoms with Gasteiger partial charge in [-0.25, -0.2) is 4.98 Å². The number of nitrogens with zero attached hydrogens (tertiary/aromatic N) is 4. The minimum Gasteiger partial charge on any atom is -0.347 e. The van der Waals surface area contributed by atoms with Crippen LogP contribution in [0.2, 0.25) is 0 Å². The van der Waals surface area contributed by atoms with Gasteiger partial charge < -0.3 is 4.57 Å². The summed E-state index contributed by atoms with van der Waals surface area (Å²) in [6, 6.07) is 8.76. The molecule has 0 bridgehead atoms. The molecule has 0 aliphatic heterocycles. The van der Waals surface area contributed by atoms with E-state index in [0.717, 1.165) is 19.5 Å². The van der Waals surface area contributed by atoms with Crippen LogP contribution in [0, 0.1) is 6.92 Å². The van der Waals surface area contributed by atoms with Crippen molar-refractivity contribution in [1.29, 1.82) is 0 Å². The van der Waals surface area contributed by atoms with Crippen LogP contribution in [0.5, 0.6) is 0 Å². The Morgan fingerprint density at radius 1 is 1.17 bits per heavy atom. The Labute approximate surface area is 106 Å². The molecule has 4 heteroatoms. The predicted octanol–water partition coefficient (Wildman–Crippen LogP) is 2.63. The van der Waals surface area contributed by atoms with E-state index in [9.17, 15) is 0 Å². The summed E-state index contributed by atoms with van der Waals surface area (Å²) < 4.78 is 4.17. The topological polar surface area (TPSA) is 35.6 Å². The minimum atomic E-state index is 0.908. The third kappa shape index (κ3) is 2.14. The summed E-state index contributed by atoms with van der Waals surface area (Å²) in [6.07, 6.45) is 6.55. The van der Waals surface area contributed by atoms with Crippen LogP contribution in [-0.4, -0.2) is 19.3 Å². The number of aryl methyl sites for hydroxylation is 3. The number of fused-ring (bicyclic) bond motifs is 1. The molecule has 0 unspecified atom stereocenters. The van der Waals surface area contributed by atoms with Gasteiger partial charge in [0.25, 0.3) is 0 Å². The third-order valence-corrected chi connectivity index (χ3v) is 3.18. The van der Waals surface area contributed by atoms with Gasteiger partial charge in [0, 0.05) is 24.8 Å². The Balaban J connectivity index is 1.71. The van der Waals surface area contributed by atoms with Crippen LogP contribution in [0.4, 0.5) is 0 Å². The molecule has 0 amide bonds. The molecule has 2 aromatic heterocycles. The molecule has 0 aliphatic carbocycles. The van der Waals surface area contributed by atoms with Crippen molar-refractivity contribution in [1.82, 2.24) is 19.3 Å². The van der Waals surface area contributed by atoms with Crippen molar-refractivity contribution in [2.24, 2.45) is 0 Å². The van der Waals surface area contributed by atoms with Gasteiger partial charge in [0.05, 0.1) is 0 Å². The summed E-state index contributed by atoms with van der Waals surface area (Å²) in [6.45, 7) is 4.04. The summed E-state index contributed by atoms with van der Waals surface area (Å²) in [5.74, 6) is 0. The smallest absolute Gasteiger partial charge is 0.137 e. The Bertz CT molecular complexity index is 637. The molecule has 0 atom stereocenters. The maximum atomic E-state index is 4.11. The van der Waals surface area contributed by atoms with Gasteiger partial charge in [-0.2, -0.15) is 5.10 Å². The van der Waals surface area contributed by atoms with Gasteiger partial charge in [-0.15, -0.1) is 0 Å². The molecule has 1 aromatic carbocycles. The molecule has 0 radical (unpaired) electrons. The fourth-order valence-electron chi connectivity index (χ4n) is 2.27. The molecule has 92 valence electrons. The molecule has 0 saturated carbocycles. The average molecular weight is 240 g/mol. The molecule has 0 saturated heterocycles. The van der Waals surface area contributed by atoms with E-state index in [2.05, 4.69) is 52.0 Å². The lowest BCUT2D eigenvalue weighted by molar-refractivity contribution is 0.532. The maximum Gasteiger partial charge on any atom is 0.137 e. The van der Waals surface area contributed by atoms with Crippen LogP contribution in [0.1, 0.15) is 12.0 Å². The Morgan fingerprint density at radius 3 is 2.94 bits per heavy atom. The first-order valence-corrected chi connectivity index (χ1v) is 6.21. The van der Waals surface area contributed by atoms with Gasteiger partial charge in [-0.1, -0.05) is 11.6 Å². The van der Waals surface area contributed by atoms with Crippen molar-refractivity contribution in [3.05, 3.63) is 48.7 Å². The normalized spacial score (nSPS) is 11.2. The van der Waals surface area contributed by atoms with Crippen LogP contribution in [0.25, 0.3) is 10.9 Å². The zero-order chi connectivity index (χ0) is 12.4. The molecule has 4 nitrogen and oxygen atoms in total. The molecule has 18 heavy (non-hydrogen) atoms. The fourth-order valence-corrected chi connectivity index (χ4v) is 2.27. The Kier molecular flexibility index (Phi) is 2.84. The minimum absolute atomic E-state index is 0.908. The highest BCUT2D eigenvalue weighted by atomic mass is 15.3. The molecular formula is C14H16N4. The van der Waals surface area contributed by atoms with Crippen molar-refractivity contribution in [2.45, 2.75) is 26.4 Å². The zero-order valence-electron chi connectivity index (χ0n) is 10.5. The predicted molar refractivity (Wildman–Crippen MR) is 71.3 cm³/mol. The van der Waals surface area contributed by atoms with Gasteiger partial charge in [0.2, 0.25) is 0 Å². The van der Waals surface area contributed by atoms with E-state index in [1.807, 2.05) is 4.68 Å². The van der Waals surface area contributed by atoms with E-state index in [0.29, 0.717) is 0 Å². The highest BCUT2D eigenvalue weighted by molar-refractivity contribution is 5.80. The van der Waals surface area contributed by atoms with Gasteiger partial charge in [0.15, 0.2) is 0 Å². The molecule has 0 fully saturated rings. The van der Waals surface area contributed by atoms with Crippen LogP contribution >= 0.6 is 0 Å².